The summed E-state index contributed by atoms with van der Waals surface area (Å²) in [4.78, 5) is 15.6. The minimum atomic E-state index is -0.187. The van der Waals surface area contributed by atoms with Crippen molar-refractivity contribution in [3.63, 3.8) is 0 Å². The fraction of sp³-hybridized carbons (Fsp3) is 0.833. The van der Waals surface area contributed by atoms with Gasteiger partial charge in [-0.3, -0.25) is 4.84 Å². The summed E-state index contributed by atoms with van der Waals surface area (Å²) in [5, 5.41) is 3.86. The van der Waals surface area contributed by atoms with Crippen LogP contribution in [0.2, 0.25) is 0 Å². The van der Waals surface area contributed by atoms with Crippen LogP contribution in [0.3, 0.4) is 0 Å². The fourth-order valence-electron chi connectivity index (χ4n) is 0.595. The summed E-state index contributed by atoms with van der Waals surface area (Å²) in [5.41, 5.74) is 0. The Morgan fingerprint density at radius 3 is 2.50 bits per heavy atom. The van der Waals surface area contributed by atoms with Gasteiger partial charge in [-0.25, -0.2) is 9.86 Å². The van der Waals surface area contributed by atoms with E-state index in [4.69, 9.17) is 4.84 Å². The van der Waals surface area contributed by atoms with Crippen LogP contribution in [0.1, 0.15) is 13.8 Å². The van der Waals surface area contributed by atoms with Crippen LogP contribution in [0.5, 0.6) is 0 Å². The second-order valence-electron chi connectivity index (χ2n) is 1.71. The highest BCUT2D eigenvalue weighted by molar-refractivity contribution is 5.72. The molecule has 1 N–H and O–H groups in total. The molecule has 0 aliphatic rings. The van der Waals surface area contributed by atoms with Gasteiger partial charge in [-0.15, -0.1) is 0 Å². The van der Waals surface area contributed by atoms with E-state index >= 15 is 0 Å². The number of carbonyl (C=O) groups is 1. The van der Waals surface area contributed by atoms with E-state index in [0.717, 1.165) is 0 Å². The number of urea groups is 1. The normalized spacial score (nSPS) is 9.10. The second kappa shape index (κ2) is 5.05. The van der Waals surface area contributed by atoms with Crippen molar-refractivity contribution in [1.82, 2.24) is 10.4 Å². The standard InChI is InChI=1S/C6H14N2O2/c1-4-7-6(9)8(5-2)10-3/h4-5H2,1-3H3,(H,7,9). The van der Waals surface area contributed by atoms with Crippen LogP contribution >= 0.6 is 0 Å². The van der Waals surface area contributed by atoms with Gasteiger partial charge in [0, 0.05) is 13.1 Å². The minimum Gasteiger partial charge on any atom is -0.336 e. The van der Waals surface area contributed by atoms with Crippen LogP contribution in [0.4, 0.5) is 4.79 Å². The smallest absolute Gasteiger partial charge is 0.336 e. The van der Waals surface area contributed by atoms with Gasteiger partial charge >= 0.3 is 6.03 Å². The first-order valence-electron chi connectivity index (χ1n) is 3.35. The van der Waals surface area contributed by atoms with Crippen LogP contribution in [0.15, 0.2) is 0 Å². The van der Waals surface area contributed by atoms with Crippen LogP contribution in [0, 0.1) is 0 Å². The monoisotopic (exact) mass is 146 g/mol. The summed E-state index contributed by atoms with van der Waals surface area (Å²) in [5.74, 6) is 0. The Morgan fingerprint density at radius 2 is 2.20 bits per heavy atom. The molecule has 0 aromatic carbocycles. The molecular formula is C6H14N2O2. The Kier molecular flexibility index (Phi) is 4.66. The molecule has 60 valence electrons. The zero-order valence-electron chi connectivity index (χ0n) is 6.68. The highest BCUT2D eigenvalue weighted by atomic mass is 16.7. The zero-order valence-corrected chi connectivity index (χ0v) is 6.68. The lowest BCUT2D eigenvalue weighted by atomic mass is 10.7. The molecule has 4 heteroatoms. The van der Waals surface area contributed by atoms with Crippen molar-refractivity contribution < 1.29 is 9.63 Å². The Labute approximate surface area is 61.1 Å². The van der Waals surface area contributed by atoms with E-state index in [0.29, 0.717) is 13.1 Å². The van der Waals surface area contributed by atoms with E-state index < -0.39 is 0 Å². The highest BCUT2D eigenvalue weighted by Crippen LogP contribution is 1.86. The average Bonchev–Trinajstić information content (AvgIpc) is 1.91. The van der Waals surface area contributed by atoms with Crippen molar-refractivity contribution >= 4 is 6.03 Å². The maximum absolute atomic E-state index is 10.9. The van der Waals surface area contributed by atoms with Crippen molar-refractivity contribution in [3.8, 4) is 0 Å². The van der Waals surface area contributed by atoms with E-state index in [-0.39, 0.29) is 6.03 Å². The highest BCUT2D eigenvalue weighted by Gasteiger charge is 2.07. The van der Waals surface area contributed by atoms with E-state index in [1.165, 1.54) is 12.2 Å². The Bertz CT molecular complexity index is 102. The lowest BCUT2D eigenvalue weighted by Gasteiger charge is -2.16. The van der Waals surface area contributed by atoms with Gasteiger partial charge in [0.05, 0.1) is 7.11 Å². The number of carbonyl (C=O) groups excluding carboxylic acids is 1. The van der Waals surface area contributed by atoms with Gasteiger partial charge in [0.25, 0.3) is 0 Å². The number of amides is 2. The molecule has 0 aliphatic heterocycles. The van der Waals surface area contributed by atoms with E-state index in [1.807, 2.05) is 13.8 Å². The van der Waals surface area contributed by atoms with Crippen molar-refractivity contribution in [2.45, 2.75) is 13.8 Å². The molecule has 0 bridgehead atoms. The van der Waals surface area contributed by atoms with Gasteiger partial charge in [-0.05, 0) is 13.8 Å². The van der Waals surface area contributed by atoms with Gasteiger partial charge in [0.1, 0.15) is 0 Å². The van der Waals surface area contributed by atoms with Crippen molar-refractivity contribution in [2.24, 2.45) is 0 Å². The summed E-state index contributed by atoms with van der Waals surface area (Å²) >= 11 is 0. The molecule has 10 heavy (non-hydrogen) atoms. The van der Waals surface area contributed by atoms with Crippen molar-refractivity contribution in [1.29, 1.82) is 0 Å². The van der Waals surface area contributed by atoms with Crippen LogP contribution in [-0.4, -0.2) is 31.3 Å². The van der Waals surface area contributed by atoms with Crippen LogP contribution in [0.25, 0.3) is 0 Å². The van der Waals surface area contributed by atoms with Gasteiger partial charge < -0.3 is 5.32 Å². The van der Waals surface area contributed by atoms with Crippen molar-refractivity contribution in [2.75, 3.05) is 20.2 Å². The molecule has 0 unspecified atom stereocenters. The summed E-state index contributed by atoms with van der Waals surface area (Å²) in [7, 11) is 1.47. The fourth-order valence-corrected chi connectivity index (χ4v) is 0.595. The largest absolute Gasteiger partial charge is 0.341 e. The lowest BCUT2D eigenvalue weighted by molar-refractivity contribution is -0.0821. The summed E-state index contributed by atoms with van der Waals surface area (Å²) in [6.45, 7) is 4.89. The van der Waals surface area contributed by atoms with Gasteiger partial charge in [-0.2, -0.15) is 0 Å². The predicted molar refractivity (Wildman–Crippen MR) is 38.5 cm³/mol. The number of nitrogens with one attached hydrogen (secondary N) is 1. The van der Waals surface area contributed by atoms with Crippen molar-refractivity contribution in [3.05, 3.63) is 0 Å². The lowest BCUT2D eigenvalue weighted by Crippen LogP contribution is -2.38. The Balaban J connectivity index is 3.65. The molecule has 0 aromatic rings. The first-order valence-corrected chi connectivity index (χ1v) is 3.35. The predicted octanol–water partition coefficient (Wildman–Crippen LogP) is 0.599. The van der Waals surface area contributed by atoms with E-state index in [1.54, 1.807) is 0 Å². The molecule has 0 rings (SSSR count). The summed E-state index contributed by atoms with van der Waals surface area (Å²) < 4.78 is 0. The quantitative estimate of drug-likeness (QED) is 0.592. The Morgan fingerprint density at radius 1 is 1.60 bits per heavy atom. The molecule has 0 aliphatic carbocycles. The van der Waals surface area contributed by atoms with E-state index in [2.05, 4.69) is 5.32 Å². The molecule has 0 radical (unpaired) electrons. The third-order valence-electron chi connectivity index (χ3n) is 1.06. The third-order valence-corrected chi connectivity index (χ3v) is 1.06. The molecule has 4 nitrogen and oxygen atoms in total. The molecule has 0 heterocycles. The first kappa shape index (κ1) is 9.23. The molecule has 0 aromatic heterocycles. The number of hydroxylamine groups is 2. The molecule has 0 fully saturated rings. The number of rotatable bonds is 3. The van der Waals surface area contributed by atoms with Crippen LogP contribution in [-0.2, 0) is 4.84 Å². The topological polar surface area (TPSA) is 41.6 Å². The third kappa shape index (κ3) is 2.68. The van der Waals surface area contributed by atoms with Gasteiger partial charge in [-0.1, -0.05) is 0 Å². The number of hydrogen-bond acceptors (Lipinski definition) is 2. The summed E-state index contributed by atoms with van der Waals surface area (Å²) in [6.07, 6.45) is 0. The molecular weight excluding hydrogens is 132 g/mol. The number of nitrogens with zero attached hydrogens (tertiary/aromatic N) is 1. The molecule has 0 saturated heterocycles. The SMILES string of the molecule is CCNC(=O)N(CC)OC. The average molecular weight is 146 g/mol. The zero-order chi connectivity index (χ0) is 7.98. The van der Waals surface area contributed by atoms with E-state index in [9.17, 15) is 4.79 Å². The second-order valence-corrected chi connectivity index (χ2v) is 1.71. The minimum absolute atomic E-state index is 0.187. The first-order chi connectivity index (χ1) is 4.76. The number of hydrogen-bond donors (Lipinski definition) is 1. The maximum Gasteiger partial charge on any atom is 0.341 e. The molecule has 0 spiro atoms. The molecule has 0 atom stereocenters. The van der Waals surface area contributed by atoms with Gasteiger partial charge in [0.2, 0.25) is 0 Å². The molecule has 2 amide bonds. The summed E-state index contributed by atoms with van der Waals surface area (Å²) in [6, 6.07) is -0.187. The molecule has 0 saturated carbocycles. The van der Waals surface area contributed by atoms with Gasteiger partial charge in [0.15, 0.2) is 0 Å². The Hall–Kier alpha value is -0.770. The maximum atomic E-state index is 10.9. The van der Waals surface area contributed by atoms with Crippen LogP contribution < -0.4 is 5.32 Å².